The van der Waals surface area contributed by atoms with Crippen LogP contribution in [-0.2, 0) is 11.4 Å². The van der Waals surface area contributed by atoms with Crippen LogP contribution in [0.15, 0.2) is 78.0 Å². The minimum atomic E-state index is -4.74. The molecule has 0 saturated heterocycles. The predicted octanol–water partition coefficient (Wildman–Crippen LogP) is 6.22. The number of benzene rings is 3. The minimum Gasteiger partial charge on any atom is -0.489 e. The molecule has 0 aliphatic carbocycles. The average molecular weight is 436 g/mol. The van der Waals surface area contributed by atoms with Crippen molar-refractivity contribution in [3.63, 3.8) is 0 Å². The summed E-state index contributed by atoms with van der Waals surface area (Å²) >= 11 is 5.97. The molecule has 0 atom stereocenters. The molecule has 8 heteroatoms. The van der Waals surface area contributed by atoms with Crippen molar-refractivity contribution in [3.8, 4) is 11.5 Å². The van der Waals surface area contributed by atoms with Crippen molar-refractivity contribution in [3.05, 3.63) is 94.5 Å². The lowest BCUT2D eigenvalue weighted by molar-refractivity contribution is -0.274. The van der Waals surface area contributed by atoms with Crippen molar-refractivity contribution in [2.75, 3.05) is 7.11 Å². The van der Waals surface area contributed by atoms with Gasteiger partial charge in [-0.1, -0.05) is 53.2 Å². The zero-order chi connectivity index (χ0) is 21.6. The summed E-state index contributed by atoms with van der Waals surface area (Å²) in [4.78, 5) is 5.02. The van der Waals surface area contributed by atoms with E-state index in [-0.39, 0.29) is 12.4 Å². The molecule has 3 aromatic carbocycles. The lowest BCUT2D eigenvalue weighted by Gasteiger charge is -2.14. The number of oxime groups is 1. The van der Waals surface area contributed by atoms with Gasteiger partial charge in [-0.15, -0.1) is 13.2 Å². The normalized spacial score (nSPS) is 11.8. The van der Waals surface area contributed by atoms with E-state index >= 15 is 0 Å². The van der Waals surface area contributed by atoms with E-state index < -0.39 is 6.36 Å². The quantitative estimate of drug-likeness (QED) is 0.327. The van der Waals surface area contributed by atoms with Gasteiger partial charge in [0, 0.05) is 16.1 Å². The Morgan fingerprint density at radius 1 is 0.900 bits per heavy atom. The van der Waals surface area contributed by atoms with E-state index in [4.69, 9.17) is 21.2 Å². The van der Waals surface area contributed by atoms with Gasteiger partial charge in [-0.05, 0) is 42.0 Å². The Morgan fingerprint density at radius 3 is 2.17 bits per heavy atom. The number of nitrogens with zero attached hydrogens (tertiary/aromatic N) is 1. The van der Waals surface area contributed by atoms with E-state index in [1.54, 1.807) is 12.1 Å². The van der Waals surface area contributed by atoms with Gasteiger partial charge in [-0.2, -0.15) is 0 Å². The molecular formula is C22H17ClF3NO3. The van der Waals surface area contributed by atoms with Crippen LogP contribution in [0.25, 0.3) is 0 Å². The van der Waals surface area contributed by atoms with Crippen LogP contribution in [0.3, 0.4) is 0 Å². The molecule has 0 aromatic heterocycles. The largest absolute Gasteiger partial charge is 0.573 e. The van der Waals surface area contributed by atoms with E-state index in [0.717, 1.165) is 16.7 Å². The van der Waals surface area contributed by atoms with Gasteiger partial charge < -0.3 is 14.3 Å². The lowest BCUT2D eigenvalue weighted by atomic mass is 9.98. The Bertz CT molecular complexity index is 1000. The van der Waals surface area contributed by atoms with Gasteiger partial charge in [0.25, 0.3) is 0 Å². The van der Waals surface area contributed by atoms with E-state index in [1.165, 1.54) is 31.4 Å². The fourth-order valence-corrected chi connectivity index (χ4v) is 2.86. The Hall–Kier alpha value is -3.19. The molecule has 0 N–H and O–H groups in total. The molecule has 4 nitrogen and oxygen atoms in total. The van der Waals surface area contributed by atoms with E-state index in [2.05, 4.69) is 9.89 Å². The Kier molecular flexibility index (Phi) is 6.84. The number of halogens is 4. The van der Waals surface area contributed by atoms with Crippen molar-refractivity contribution in [1.82, 2.24) is 0 Å². The third-order valence-corrected chi connectivity index (χ3v) is 4.28. The third kappa shape index (κ3) is 5.90. The maximum Gasteiger partial charge on any atom is 0.573 e. The summed E-state index contributed by atoms with van der Waals surface area (Å²) in [7, 11) is 1.46. The molecule has 156 valence electrons. The number of rotatable bonds is 7. The van der Waals surface area contributed by atoms with Gasteiger partial charge in [-0.3, -0.25) is 0 Å². The monoisotopic (exact) mass is 435 g/mol. The molecule has 30 heavy (non-hydrogen) atoms. The highest BCUT2D eigenvalue weighted by Gasteiger charge is 2.31. The van der Waals surface area contributed by atoms with Gasteiger partial charge in [0.05, 0.1) is 0 Å². The molecule has 3 aromatic rings. The second-order valence-corrected chi connectivity index (χ2v) is 6.53. The highest BCUT2D eigenvalue weighted by molar-refractivity contribution is 6.30. The van der Waals surface area contributed by atoms with Crippen LogP contribution in [0.5, 0.6) is 11.5 Å². The molecular weight excluding hydrogens is 419 g/mol. The number of ether oxygens (including phenoxy) is 2. The molecule has 3 rings (SSSR count). The van der Waals surface area contributed by atoms with E-state index in [0.29, 0.717) is 16.5 Å². The van der Waals surface area contributed by atoms with Crippen molar-refractivity contribution >= 4 is 17.3 Å². The van der Waals surface area contributed by atoms with Gasteiger partial charge in [0.1, 0.15) is 30.9 Å². The van der Waals surface area contributed by atoms with Crippen LogP contribution in [0, 0.1) is 0 Å². The number of hydrogen-bond donors (Lipinski definition) is 0. The second kappa shape index (κ2) is 9.54. The van der Waals surface area contributed by atoms with Gasteiger partial charge in [-0.25, -0.2) is 0 Å². The summed E-state index contributed by atoms with van der Waals surface area (Å²) in [6.45, 7) is 0.173. The van der Waals surface area contributed by atoms with E-state index in [9.17, 15) is 13.2 Å². The zero-order valence-electron chi connectivity index (χ0n) is 15.8. The maximum atomic E-state index is 12.3. The maximum absolute atomic E-state index is 12.3. The van der Waals surface area contributed by atoms with E-state index in [1.807, 2.05) is 36.4 Å². The minimum absolute atomic E-state index is 0.173. The Labute approximate surface area is 176 Å². The molecule has 0 bridgehead atoms. The van der Waals surface area contributed by atoms with Crippen molar-refractivity contribution in [2.24, 2.45) is 5.16 Å². The second-order valence-electron chi connectivity index (χ2n) is 6.09. The smallest absolute Gasteiger partial charge is 0.489 e. The molecule has 0 saturated carbocycles. The molecule has 0 aliphatic heterocycles. The van der Waals surface area contributed by atoms with Crippen LogP contribution in [0.4, 0.5) is 13.2 Å². The topological polar surface area (TPSA) is 40.0 Å². The molecule has 0 amide bonds. The SMILES string of the molecule is CO/N=C(/c1ccc(Cl)cc1)c1ccccc1COc1ccc(OC(F)(F)F)cc1. The standard InChI is InChI=1S/C22H17ClF3NO3/c1-28-27-21(15-6-8-17(23)9-7-15)20-5-3-2-4-16(20)14-29-18-10-12-19(13-11-18)30-22(24,25)26/h2-13H,14H2,1H3/b27-21-. The van der Waals surface area contributed by atoms with Gasteiger partial charge >= 0.3 is 6.36 Å². The molecule has 0 heterocycles. The van der Waals surface area contributed by atoms with Crippen molar-refractivity contribution in [1.29, 1.82) is 0 Å². The van der Waals surface area contributed by atoms with Crippen LogP contribution in [0.2, 0.25) is 5.02 Å². The average Bonchev–Trinajstić information content (AvgIpc) is 2.72. The zero-order valence-corrected chi connectivity index (χ0v) is 16.6. The molecule has 0 spiro atoms. The number of hydrogen-bond acceptors (Lipinski definition) is 4. The molecule has 0 unspecified atom stereocenters. The summed E-state index contributed by atoms with van der Waals surface area (Å²) in [6, 6.07) is 19.9. The summed E-state index contributed by atoms with van der Waals surface area (Å²) < 4.78 is 46.4. The van der Waals surface area contributed by atoms with Crippen molar-refractivity contribution in [2.45, 2.75) is 13.0 Å². The highest BCUT2D eigenvalue weighted by Crippen LogP contribution is 2.26. The van der Waals surface area contributed by atoms with Gasteiger partial charge in [0.2, 0.25) is 0 Å². The first-order valence-electron chi connectivity index (χ1n) is 8.80. The van der Waals surface area contributed by atoms with Crippen LogP contribution in [-0.4, -0.2) is 19.2 Å². The summed E-state index contributed by atoms with van der Waals surface area (Å²) in [6.07, 6.45) is -4.74. The number of alkyl halides is 3. The Balaban J connectivity index is 1.79. The molecule has 0 fully saturated rings. The fraction of sp³-hybridized carbons (Fsp3) is 0.136. The summed E-state index contributed by atoms with van der Waals surface area (Å²) in [5.74, 6) is 0.0866. The molecule has 0 aliphatic rings. The first-order chi connectivity index (χ1) is 14.4. The lowest BCUT2D eigenvalue weighted by Crippen LogP contribution is -2.16. The first-order valence-corrected chi connectivity index (χ1v) is 9.17. The van der Waals surface area contributed by atoms with Gasteiger partial charge in [0.15, 0.2) is 0 Å². The predicted molar refractivity (Wildman–Crippen MR) is 108 cm³/mol. The third-order valence-electron chi connectivity index (χ3n) is 4.02. The molecule has 0 radical (unpaired) electrons. The Morgan fingerprint density at radius 2 is 1.53 bits per heavy atom. The van der Waals surface area contributed by atoms with Crippen molar-refractivity contribution < 1.29 is 27.5 Å². The van der Waals surface area contributed by atoms with Crippen LogP contribution in [0.1, 0.15) is 16.7 Å². The van der Waals surface area contributed by atoms with Crippen LogP contribution < -0.4 is 9.47 Å². The van der Waals surface area contributed by atoms with Crippen LogP contribution >= 0.6 is 11.6 Å². The summed E-state index contributed by atoms with van der Waals surface area (Å²) in [5.41, 5.74) is 3.02. The fourth-order valence-electron chi connectivity index (χ4n) is 2.73. The highest BCUT2D eigenvalue weighted by atomic mass is 35.5. The summed E-state index contributed by atoms with van der Waals surface area (Å²) in [5, 5.41) is 4.75. The first kappa shape index (κ1) is 21.5.